The van der Waals surface area contributed by atoms with Crippen molar-refractivity contribution >= 4 is 11.7 Å². The molecule has 0 radical (unpaired) electrons. The molecule has 0 bridgehead atoms. The van der Waals surface area contributed by atoms with Crippen molar-refractivity contribution in [3.05, 3.63) is 18.1 Å². The SMILES string of the molecule is CC(C)N(C)CCNC(=O)c1cncc(N)n1. The zero-order chi connectivity index (χ0) is 12.8. The third kappa shape index (κ3) is 4.36. The van der Waals surface area contributed by atoms with Gasteiger partial charge in [-0.1, -0.05) is 0 Å². The minimum absolute atomic E-state index is 0.247. The first-order valence-electron chi connectivity index (χ1n) is 5.56. The summed E-state index contributed by atoms with van der Waals surface area (Å²) in [6.07, 6.45) is 2.81. The number of hydrogen-bond acceptors (Lipinski definition) is 5. The molecule has 0 saturated heterocycles. The van der Waals surface area contributed by atoms with Crippen molar-refractivity contribution in [3.8, 4) is 0 Å². The van der Waals surface area contributed by atoms with Gasteiger partial charge in [0.1, 0.15) is 11.5 Å². The lowest BCUT2D eigenvalue weighted by molar-refractivity contribution is 0.0943. The highest BCUT2D eigenvalue weighted by Gasteiger charge is 2.08. The van der Waals surface area contributed by atoms with Gasteiger partial charge in [-0.05, 0) is 20.9 Å². The Balaban J connectivity index is 2.40. The molecule has 17 heavy (non-hydrogen) atoms. The summed E-state index contributed by atoms with van der Waals surface area (Å²) in [5.41, 5.74) is 5.70. The largest absolute Gasteiger partial charge is 0.382 e. The van der Waals surface area contributed by atoms with Crippen LogP contribution in [-0.4, -0.2) is 47.0 Å². The minimum Gasteiger partial charge on any atom is -0.382 e. The number of rotatable bonds is 5. The van der Waals surface area contributed by atoms with Crippen LogP contribution in [0.5, 0.6) is 0 Å². The fraction of sp³-hybridized carbons (Fsp3) is 0.545. The number of anilines is 1. The summed E-state index contributed by atoms with van der Waals surface area (Å²) < 4.78 is 0. The highest BCUT2D eigenvalue weighted by molar-refractivity contribution is 5.92. The number of nitrogens with zero attached hydrogens (tertiary/aromatic N) is 3. The van der Waals surface area contributed by atoms with Crippen LogP contribution in [0, 0.1) is 0 Å². The molecule has 0 fully saturated rings. The molecule has 6 heteroatoms. The van der Waals surface area contributed by atoms with Crippen LogP contribution in [0.3, 0.4) is 0 Å². The van der Waals surface area contributed by atoms with Crippen molar-refractivity contribution in [2.45, 2.75) is 19.9 Å². The maximum absolute atomic E-state index is 11.7. The normalized spacial score (nSPS) is 10.9. The molecule has 0 aliphatic carbocycles. The fourth-order valence-electron chi connectivity index (χ4n) is 1.18. The molecule has 0 aliphatic rings. The highest BCUT2D eigenvalue weighted by atomic mass is 16.1. The van der Waals surface area contributed by atoms with Gasteiger partial charge in [0.25, 0.3) is 5.91 Å². The lowest BCUT2D eigenvalue weighted by Gasteiger charge is -2.20. The van der Waals surface area contributed by atoms with Gasteiger partial charge >= 0.3 is 0 Å². The van der Waals surface area contributed by atoms with E-state index in [1.165, 1.54) is 12.4 Å². The standard InChI is InChI=1S/C11H19N5O/c1-8(2)16(3)5-4-14-11(17)9-6-13-7-10(12)15-9/h6-8H,4-5H2,1-3H3,(H2,12,15)(H,14,17). The minimum atomic E-state index is -0.248. The van der Waals surface area contributed by atoms with Crippen molar-refractivity contribution < 1.29 is 4.79 Å². The predicted octanol–water partition coefficient (Wildman–Crippen LogP) is 0.129. The van der Waals surface area contributed by atoms with E-state index >= 15 is 0 Å². The third-order valence-corrected chi connectivity index (χ3v) is 2.52. The van der Waals surface area contributed by atoms with Crippen molar-refractivity contribution in [3.63, 3.8) is 0 Å². The van der Waals surface area contributed by atoms with Gasteiger partial charge in [-0.15, -0.1) is 0 Å². The summed E-state index contributed by atoms with van der Waals surface area (Å²) >= 11 is 0. The molecular weight excluding hydrogens is 218 g/mol. The number of nitrogens with one attached hydrogen (secondary N) is 1. The number of hydrogen-bond donors (Lipinski definition) is 2. The van der Waals surface area contributed by atoms with Gasteiger partial charge in [-0.3, -0.25) is 9.78 Å². The van der Waals surface area contributed by atoms with E-state index in [1.807, 2.05) is 7.05 Å². The van der Waals surface area contributed by atoms with Crippen LogP contribution in [0.1, 0.15) is 24.3 Å². The Kier molecular flexibility index (Phi) is 4.84. The van der Waals surface area contributed by atoms with Crippen LogP contribution in [0.15, 0.2) is 12.4 Å². The Hall–Kier alpha value is -1.69. The number of amides is 1. The molecule has 1 rings (SSSR count). The summed E-state index contributed by atoms with van der Waals surface area (Å²) in [6, 6.07) is 0.457. The second-order valence-electron chi connectivity index (χ2n) is 4.16. The third-order valence-electron chi connectivity index (χ3n) is 2.52. The number of nitrogens with two attached hydrogens (primary N) is 1. The van der Waals surface area contributed by atoms with Crippen LogP contribution < -0.4 is 11.1 Å². The second kappa shape index (κ2) is 6.15. The molecule has 0 spiro atoms. The number of carbonyl (C=O) groups is 1. The maximum atomic E-state index is 11.7. The van der Waals surface area contributed by atoms with E-state index in [4.69, 9.17) is 5.73 Å². The number of nitrogen functional groups attached to an aromatic ring is 1. The van der Waals surface area contributed by atoms with Gasteiger partial charge in [0, 0.05) is 19.1 Å². The average Bonchev–Trinajstić information content (AvgIpc) is 2.28. The summed E-state index contributed by atoms with van der Waals surface area (Å²) in [6.45, 7) is 5.57. The molecule has 1 aromatic heterocycles. The first-order valence-corrected chi connectivity index (χ1v) is 5.56. The first-order chi connectivity index (χ1) is 8.00. The molecule has 94 valence electrons. The molecule has 0 aliphatic heterocycles. The van der Waals surface area contributed by atoms with Crippen LogP contribution in [0.2, 0.25) is 0 Å². The molecular formula is C11H19N5O. The Labute approximate surface area is 101 Å². The van der Waals surface area contributed by atoms with Crippen molar-refractivity contribution in [2.75, 3.05) is 25.9 Å². The average molecular weight is 237 g/mol. The molecule has 0 aromatic carbocycles. The molecule has 3 N–H and O–H groups in total. The molecule has 1 aromatic rings. The van der Waals surface area contributed by atoms with E-state index in [1.54, 1.807) is 0 Å². The zero-order valence-electron chi connectivity index (χ0n) is 10.5. The second-order valence-corrected chi connectivity index (χ2v) is 4.16. The van der Waals surface area contributed by atoms with E-state index in [-0.39, 0.29) is 17.4 Å². The maximum Gasteiger partial charge on any atom is 0.271 e. The highest BCUT2D eigenvalue weighted by Crippen LogP contribution is 1.97. The van der Waals surface area contributed by atoms with Gasteiger partial charge in [0.05, 0.1) is 12.4 Å². The van der Waals surface area contributed by atoms with E-state index in [9.17, 15) is 4.79 Å². The lowest BCUT2D eigenvalue weighted by Crippen LogP contribution is -2.36. The van der Waals surface area contributed by atoms with Gasteiger partial charge in [0.15, 0.2) is 0 Å². The number of aromatic nitrogens is 2. The molecule has 0 unspecified atom stereocenters. The fourth-order valence-corrected chi connectivity index (χ4v) is 1.18. The molecule has 1 amide bonds. The summed E-state index contributed by atoms with van der Waals surface area (Å²) in [7, 11) is 2.01. The monoisotopic (exact) mass is 237 g/mol. The Morgan fingerprint density at radius 2 is 2.24 bits per heavy atom. The van der Waals surface area contributed by atoms with E-state index < -0.39 is 0 Å². The Morgan fingerprint density at radius 1 is 1.53 bits per heavy atom. The van der Waals surface area contributed by atoms with Crippen molar-refractivity contribution in [1.29, 1.82) is 0 Å². The van der Waals surface area contributed by atoms with E-state index in [2.05, 4.69) is 34.0 Å². The zero-order valence-corrected chi connectivity index (χ0v) is 10.5. The Bertz CT molecular complexity index is 380. The first kappa shape index (κ1) is 13.4. The van der Waals surface area contributed by atoms with E-state index in [0.29, 0.717) is 12.6 Å². The summed E-state index contributed by atoms with van der Waals surface area (Å²) in [5, 5.41) is 2.77. The van der Waals surface area contributed by atoms with Gasteiger partial charge in [0.2, 0.25) is 0 Å². The number of likely N-dealkylation sites (N-methyl/N-ethyl adjacent to an activating group) is 1. The van der Waals surface area contributed by atoms with Crippen LogP contribution in [0.25, 0.3) is 0 Å². The van der Waals surface area contributed by atoms with Gasteiger partial charge in [-0.2, -0.15) is 0 Å². The molecule has 0 saturated carbocycles. The van der Waals surface area contributed by atoms with Gasteiger partial charge < -0.3 is 16.0 Å². The van der Waals surface area contributed by atoms with Crippen LogP contribution in [0.4, 0.5) is 5.82 Å². The van der Waals surface area contributed by atoms with Crippen molar-refractivity contribution in [1.82, 2.24) is 20.2 Å². The molecule has 1 heterocycles. The summed E-state index contributed by atoms with van der Waals surface area (Å²) in [4.78, 5) is 21.5. The van der Waals surface area contributed by atoms with Crippen LogP contribution in [-0.2, 0) is 0 Å². The topological polar surface area (TPSA) is 84.1 Å². The predicted molar refractivity (Wildman–Crippen MR) is 66.5 cm³/mol. The van der Waals surface area contributed by atoms with E-state index in [0.717, 1.165) is 6.54 Å². The van der Waals surface area contributed by atoms with Crippen molar-refractivity contribution in [2.24, 2.45) is 0 Å². The number of carbonyl (C=O) groups excluding carboxylic acids is 1. The lowest BCUT2D eigenvalue weighted by atomic mass is 10.3. The van der Waals surface area contributed by atoms with Crippen LogP contribution >= 0.6 is 0 Å². The molecule has 6 nitrogen and oxygen atoms in total. The van der Waals surface area contributed by atoms with Gasteiger partial charge in [-0.25, -0.2) is 4.98 Å². The summed E-state index contributed by atoms with van der Waals surface area (Å²) in [5.74, 6) is -0.00101. The quantitative estimate of drug-likeness (QED) is 0.760. The Morgan fingerprint density at radius 3 is 2.82 bits per heavy atom. The smallest absolute Gasteiger partial charge is 0.271 e. The molecule has 0 atom stereocenters.